The summed E-state index contributed by atoms with van der Waals surface area (Å²) in [6.45, 7) is 5.87. The highest BCUT2D eigenvalue weighted by molar-refractivity contribution is 5.15. The molecule has 11 heavy (non-hydrogen) atoms. The van der Waals surface area contributed by atoms with Crippen molar-refractivity contribution in [3.63, 3.8) is 0 Å². The Morgan fingerprint density at radius 3 is 2.91 bits per heavy atom. The third kappa shape index (κ3) is 2.19. The Hall–Kier alpha value is -0.560. The van der Waals surface area contributed by atoms with Gasteiger partial charge in [0.05, 0.1) is 6.10 Å². The van der Waals surface area contributed by atoms with Crippen LogP contribution in [0, 0.1) is 5.92 Å². The zero-order valence-electron chi connectivity index (χ0n) is 7.09. The Balaban J connectivity index is 2.61. The molecular formula is C10H16O. The van der Waals surface area contributed by atoms with Crippen LogP contribution in [-0.2, 0) is 0 Å². The summed E-state index contributed by atoms with van der Waals surface area (Å²) in [6, 6.07) is 0. The normalized spacial score (nSPS) is 35.6. The standard InChI is InChI=1S/C10H16O/c1-3-4-9-7-10(11)6-5-8(9)2/h3-4,8,10-11H,1,5-7H2,2H3. The first-order valence-electron chi connectivity index (χ1n) is 4.23. The molecule has 0 aliphatic heterocycles. The fourth-order valence-corrected chi connectivity index (χ4v) is 1.59. The number of rotatable bonds is 1. The summed E-state index contributed by atoms with van der Waals surface area (Å²) in [5.41, 5.74) is 1.35. The first-order valence-corrected chi connectivity index (χ1v) is 4.23. The van der Waals surface area contributed by atoms with Crippen molar-refractivity contribution in [2.75, 3.05) is 0 Å². The zero-order valence-corrected chi connectivity index (χ0v) is 7.09. The lowest BCUT2D eigenvalue weighted by molar-refractivity contribution is 0.138. The maximum absolute atomic E-state index is 9.35. The van der Waals surface area contributed by atoms with Gasteiger partial charge in [0.1, 0.15) is 0 Å². The molecule has 0 radical (unpaired) electrons. The maximum atomic E-state index is 9.35. The minimum absolute atomic E-state index is 0.114. The first-order chi connectivity index (χ1) is 5.24. The van der Waals surface area contributed by atoms with Gasteiger partial charge >= 0.3 is 0 Å². The van der Waals surface area contributed by atoms with Crippen LogP contribution >= 0.6 is 0 Å². The van der Waals surface area contributed by atoms with Crippen LogP contribution in [0.15, 0.2) is 24.3 Å². The average molecular weight is 152 g/mol. The van der Waals surface area contributed by atoms with Gasteiger partial charge in [0.2, 0.25) is 0 Å². The van der Waals surface area contributed by atoms with Crippen LogP contribution in [0.25, 0.3) is 0 Å². The van der Waals surface area contributed by atoms with E-state index >= 15 is 0 Å². The molecular weight excluding hydrogens is 136 g/mol. The second kappa shape index (κ2) is 3.72. The molecule has 0 amide bonds. The van der Waals surface area contributed by atoms with E-state index in [4.69, 9.17) is 0 Å². The first kappa shape index (κ1) is 8.54. The molecule has 0 aromatic carbocycles. The molecule has 1 aliphatic rings. The molecule has 0 saturated heterocycles. The Kier molecular flexibility index (Phi) is 2.89. The molecule has 1 N–H and O–H groups in total. The maximum Gasteiger partial charge on any atom is 0.0577 e. The molecule has 2 atom stereocenters. The van der Waals surface area contributed by atoms with Crippen molar-refractivity contribution in [3.05, 3.63) is 24.3 Å². The van der Waals surface area contributed by atoms with Crippen molar-refractivity contribution < 1.29 is 5.11 Å². The minimum atomic E-state index is -0.114. The van der Waals surface area contributed by atoms with E-state index in [0.717, 1.165) is 19.3 Å². The molecule has 0 bridgehead atoms. The minimum Gasteiger partial charge on any atom is -0.393 e. The van der Waals surface area contributed by atoms with Gasteiger partial charge in [0.25, 0.3) is 0 Å². The van der Waals surface area contributed by atoms with Crippen molar-refractivity contribution in [2.24, 2.45) is 5.92 Å². The quantitative estimate of drug-likeness (QED) is 0.611. The highest BCUT2D eigenvalue weighted by Gasteiger charge is 2.19. The van der Waals surface area contributed by atoms with Gasteiger partial charge in [-0.05, 0) is 25.2 Å². The van der Waals surface area contributed by atoms with Crippen LogP contribution in [0.3, 0.4) is 0 Å². The third-order valence-corrected chi connectivity index (χ3v) is 2.37. The van der Waals surface area contributed by atoms with Gasteiger partial charge in [0.15, 0.2) is 0 Å². The molecule has 0 aromatic rings. The van der Waals surface area contributed by atoms with Crippen molar-refractivity contribution in [1.29, 1.82) is 0 Å². The van der Waals surface area contributed by atoms with Crippen LogP contribution in [0.1, 0.15) is 26.2 Å². The number of aliphatic hydroxyl groups excluding tert-OH is 1. The highest BCUT2D eigenvalue weighted by atomic mass is 16.3. The van der Waals surface area contributed by atoms with E-state index in [1.165, 1.54) is 5.57 Å². The predicted molar refractivity (Wildman–Crippen MR) is 47.3 cm³/mol. The summed E-state index contributed by atoms with van der Waals surface area (Å²) in [5.74, 6) is 0.636. The molecule has 0 heterocycles. The largest absolute Gasteiger partial charge is 0.393 e. The fourth-order valence-electron chi connectivity index (χ4n) is 1.59. The number of allylic oxidation sites excluding steroid dienone is 2. The van der Waals surface area contributed by atoms with Gasteiger partial charge in [-0.25, -0.2) is 0 Å². The molecule has 1 nitrogen and oxygen atoms in total. The summed E-state index contributed by atoms with van der Waals surface area (Å²) in [7, 11) is 0. The fraction of sp³-hybridized carbons (Fsp3) is 0.600. The SMILES string of the molecule is C=CC=C1CC(O)CCC1C. The number of aliphatic hydroxyl groups is 1. The molecule has 1 fully saturated rings. The van der Waals surface area contributed by atoms with E-state index < -0.39 is 0 Å². The Morgan fingerprint density at radius 2 is 2.27 bits per heavy atom. The zero-order chi connectivity index (χ0) is 8.27. The van der Waals surface area contributed by atoms with Crippen molar-refractivity contribution in [2.45, 2.75) is 32.3 Å². The van der Waals surface area contributed by atoms with Crippen molar-refractivity contribution in [1.82, 2.24) is 0 Å². The summed E-state index contributed by atoms with van der Waals surface area (Å²) >= 11 is 0. The third-order valence-electron chi connectivity index (χ3n) is 2.37. The second-order valence-corrected chi connectivity index (χ2v) is 3.31. The van der Waals surface area contributed by atoms with E-state index in [1.807, 2.05) is 12.2 Å². The number of hydrogen-bond donors (Lipinski definition) is 1. The van der Waals surface area contributed by atoms with E-state index in [1.54, 1.807) is 0 Å². The monoisotopic (exact) mass is 152 g/mol. The van der Waals surface area contributed by atoms with Crippen LogP contribution in [0.4, 0.5) is 0 Å². The Morgan fingerprint density at radius 1 is 1.55 bits per heavy atom. The molecule has 1 rings (SSSR count). The lowest BCUT2D eigenvalue weighted by Gasteiger charge is -2.25. The van der Waals surface area contributed by atoms with Gasteiger partial charge < -0.3 is 5.11 Å². The van der Waals surface area contributed by atoms with Gasteiger partial charge in [-0.15, -0.1) is 0 Å². The Labute approximate surface area is 68.4 Å². The molecule has 1 aliphatic carbocycles. The number of hydrogen-bond acceptors (Lipinski definition) is 1. The highest BCUT2D eigenvalue weighted by Crippen LogP contribution is 2.28. The molecule has 1 saturated carbocycles. The predicted octanol–water partition coefficient (Wildman–Crippen LogP) is 2.28. The lowest BCUT2D eigenvalue weighted by Crippen LogP contribution is -2.18. The van der Waals surface area contributed by atoms with E-state index in [9.17, 15) is 5.11 Å². The van der Waals surface area contributed by atoms with E-state index in [-0.39, 0.29) is 6.10 Å². The van der Waals surface area contributed by atoms with Gasteiger partial charge in [-0.3, -0.25) is 0 Å². The van der Waals surface area contributed by atoms with Gasteiger partial charge in [0, 0.05) is 0 Å². The van der Waals surface area contributed by atoms with Gasteiger partial charge in [-0.2, -0.15) is 0 Å². The summed E-state index contributed by atoms with van der Waals surface area (Å²) in [6.07, 6.45) is 6.64. The molecule has 1 heteroatoms. The van der Waals surface area contributed by atoms with Crippen LogP contribution in [-0.4, -0.2) is 11.2 Å². The lowest BCUT2D eigenvalue weighted by atomic mass is 9.84. The van der Waals surface area contributed by atoms with Crippen LogP contribution in [0.5, 0.6) is 0 Å². The molecule has 0 spiro atoms. The average Bonchev–Trinajstić information content (AvgIpc) is 1.98. The summed E-state index contributed by atoms with van der Waals surface area (Å²) in [5, 5.41) is 9.35. The molecule has 0 aromatic heterocycles. The van der Waals surface area contributed by atoms with E-state index in [0.29, 0.717) is 5.92 Å². The Bertz CT molecular complexity index is 170. The van der Waals surface area contributed by atoms with Crippen molar-refractivity contribution in [3.8, 4) is 0 Å². The smallest absolute Gasteiger partial charge is 0.0577 e. The second-order valence-electron chi connectivity index (χ2n) is 3.31. The topological polar surface area (TPSA) is 20.2 Å². The molecule has 2 unspecified atom stereocenters. The summed E-state index contributed by atoms with van der Waals surface area (Å²) < 4.78 is 0. The molecule has 62 valence electrons. The van der Waals surface area contributed by atoms with E-state index in [2.05, 4.69) is 13.5 Å². The van der Waals surface area contributed by atoms with Crippen LogP contribution in [0.2, 0.25) is 0 Å². The van der Waals surface area contributed by atoms with Crippen LogP contribution < -0.4 is 0 Å². The van der Waals surface area contributed by atoms with Gasteiger partial charge in [-0.1, -0.05) is 31.2 Å². The van der Waals surface area contributed by atoms with Crippen molar-refractivity contribution >= 4 is 0 Å². The summed E-state index contributed by atoms with van der Waals surface area (Å²) in [4.78, 5) is 0.